The minimum atomic E-state index is 0.0807. The second-order valence-corrected chi connectivity index (χ2v) is 7.54. The van der Waals surface area contributed by atoms with Crippen molar-refractivity contribution in [3.05, 3.63) is 34.5 Å². The summed E-state index contributed by atoms with van der Waals surface area (Å²) in [5.74, 6) is 0.0807. The highest BCUT2D eigenvalue weighted by atomic mass is 32.1. The molecular weight excluding hydrogens is 288 g/mol. The van der Waals surface area contributed by atoms with E-state index in [0.29, 0.717) is 18.1 Å². The Morgan fingerprint density at radius 2 is 2.20 bits per heavy atom. The van der Waals surface area contributed by atoms with E-state index in [1.807, 2.05) is 18.2 Å². The minimum absolute atomic E-state index is 0.0807. The number of rotatable bonds is 3. The van der Waals surface area contributed by atoms with Crippen LogP contribution in [0.2, 0.25) is 0 Å². The van der Waals surface area contributed by atoms with Crippen molar-refractivity contribution in [3.8, 4) is 9.75 Å². The van der Waals surface area contributed by atoms with Gasteiger partial charge in [0.2, 0.25) is 0 Å². The van der Waals surface area contributed by atoms with Gasteiger partial charge in [-0.1, -0.05) is 6.07 Å². The van der Waals surface area contributed by atoms with E-state index < -0.39 is 0 Å². The number of thiophene rings is 2. The van der Waals surface area contributed by atoms with Gasteiger partial charge in [0.25, 0.3) is 5.91 Å². The molecule has 2 aliphatic heterocycles. The number of hydrogen-bond donors (Lipinski definition) is 2. The van der Waals surface area contributed by atoms with Crippen LogP contribution in [-0.4, -0.2) is 24.0 Å². The average molecular weight is 304 g/mol. The van der Waals surface area contributed by atoms with E-state index in [4.69, 9.17) is 0 Å². The zero-order valence-electron chi connectivity index (χ0n) is 11.0. The first-order valence-corrected chi connectivity index (χ1v) is 8.70. The molecule has 2 aliphatic rings. The maximum atomic E-state index is 12.3. The third-order valence-electron chi connectivity index (χ3n) is 4.21. The standard InChI is InChI=1S/C15H16N2OS2/c18-15(17-11-8-9-3-4-10(11)16-9)14-6-5-13(20-14)12-2-1-7-19-12/h1-2,5-7,9-11,16H,3-4,8H2,(H,17,18)/t9-,10+,11?/m1/s1. The normalized spacial score (nSPS) is 27.9. The molecule has 2 saturated heterocycles. The molecule has 3 atom stereocenters. The van der Waals surface area contributed by atoms with Crippen molar-refractivity contribution in [1.29, 1.82) is 0 Å². The molecule has 3 nitrogen and oxygen atoms in total. The number of amides is 1. The summed E-state index contributed by atoms with van der Waals surface area (Å²) in [7, 11) is 0. The number of fused-ring (bicyclic) bond motifs is 2. The van der Waals surface area contributed by atoms with E-state index in [2.05, 4.69) is 22.1 Å². The lowest BCUT2D eigenvalue weighted by Crippen LogP contribution is -2.42. The smallest absolute Gasteiger partial charge is 0.261 e. The lowest BCUT2D eigenvalue weighted by Gasteiger charge is -2.20. The summed E-state index contributed by atoms with van der Waals surface area (Å²) in [5.41, 5.74) is 0. The fraction of sp³-hybridized carbons (Fsp3) is 0.400. The van der Waals surface area contributed by atoms with Crippen molar-refractivity contribution < 1.29 is 4.79 Å². The van der Waals surface area contributed by atoms with Crippen LogP contribution in [0.1, 0.15) is 28.9 Å². The maximum absolute atomic E-state index is 12.3. The number of carbonyl (C=O) groups excluding carboxylic acids is 1. The first-order valence-electron chi connectivity index (χ1n) is 7.00. The summed E-state index contributed by atoms with van der Waals surface area (Å²) >= 11 is 3.29. The second-order valence-electron chi connectivity index (χ2n) is 5.50. The van der Waals surface area contributed by atoms with Gasteiger partial charge in [0.1, 0.15) is 0 Å². The molecule has 0 spiro atoms. The van der Waals surface area contributed by atoms with Crippen LogP contribution >= 0.6 is 22.7 Å². The quantitative estimate of drug-likeness (QED) is 0.915. The monoisotopic (exact) mass is 304 g/mol. The molecule has 2 aromatic rings. The van der Waals surface area contributed by atoms with Crippen LogP contribution in [0.5, 0.6) is 0 Å². The molecule has 2 N–H and O–H groups in total. The highest BCUT2D eigenvalue weighted by Crippen LogP contribution is 2.32. The second kappa shape index (κ2) is 4.98. The predicted molar refractivity (Wildman–Crippen MR) is 83.4 cm³/mol. The summed E-state index contributed by atoms with van der Waals surface area (Å²) in [5, 5.41) is 8.82. The molecule has 104 valence electrons. The first kappa shape index (κ1) is 12.6. The van der Waals surface area contributed by atoms with Gasteiger partial charge in [0.05, 0.1) is 4.88 Å². The van der Waals surface area contributed by atoms with Gasteiger partial charge in [-0.15, -0.1) is 22.7 Å². The largest absolute Gasteiger partial charge is 0.347 e. The van der Waals surface area contributed by atoms with E-state index in [0.717, 1.165) is 11.3 Å². The molecule has 2 bridgehead atoms. The molecular formula is C15H16N2OS2. The molecule has 20 heavy (non-hydrogen) atoms. The van der Waals surface area contributed by atoms with Crippen molar-refractivity contribution in [2.45, 2.75) is 37.4 Å². The zero-order chi connectivity index (χ0) is 13.5. The fourth-order valence-electron chi connectivity index (χ4n) is 3.23. The molecule has 0 saturated carbocycles. The third kappa shape index (κ3) is 2.20. The van der Waals surface area contributed by atoms with Gasteiger partial charge < -0.3 is 10.6 Å². The Morgan fingerprint density at radius 1 is 1.25 bits per heavy atom. The first-order chi connectivity index (χ1) is 9.79. The molecule has 0 radical (unpaired) electrons. The highest BCUT2D eigenvalue weighted by molar-refractivity contribution is 7.22. The molecule has 1 amide bonds. The van der Waals surface area contributed by atoms with E-state index in [-0.39, 0.29) is 5.91 Å². The zero-order valence-corrected chi connectivity index (χ0v) is 12.6. The van der Waals surface area contributed by atoms with Crippen molar-refractivity contribution in [2.75, 3.05) is 0 Å². The number of nitrogens with one attached hydrogen (secondary N) is 2. The van der Waals surface area contributed by atoms with Crippen LogP contribution in [0, 0.1) is 0 Å². The molecule has 0 aliphatic carbocycles. The van der Waals surface area contributed by atoms with Gasteiger partial charge in [-0.3, -0.25) is 4.79 Å². The van der Waals surface area contributed by atoms with Gasteiger partial charge in [-0.25, -0.2) is 0 Å². The van der Waals surface area contributed by atoms with Crippen LogP contribution in [0.3, 0.4) is 0 Å². The van der Waals surface area contributed by atoms with Gasteiger partial charge in [-0.05, 0) is 42.8 Å². The molecule has 4 rings (SSSR count). The van der Waals surface area contributed by atoms with E-state index >= 15 is 0 Å². The topological polar surface area (TPSA) is 41.1 Å². The van der Waals surface area contributed by atoms with Crippen LogP contribution in [0.4, 0.5) is 0 Å². The van der Waals surface area contributed by atoms with Crippen LogP contribution in [-0.2, 0) is 0 Å². The minimum Gasteiger partial charge on any atom is -0.347 e. The van der Waals surface area contributed by atoms with Crippen LogP contribution in [0.25, 0.3) is 9.75 Å². The Balaban J connectivity index is 1.46. The van der Waals surface area contributed by atoms with Gasteiger partial charge >= 0.3 is 0 Å². The maximum Gasteiger partial charge on any atom is 0.261 e. The Morgan fingerprint density at radius 3 is 2.90 bits per heavy atom. The van der Waals surface area contributed by atoms with E-state index in [9.17, 15) is 4.79 Å². The van der Waals surface area contributed by atoms with Crippen molar-refractivity contribution >= 4 is 28.6 Å². The predicted octanol–water partition coefficient (Wildman–Crippen LogP) is 3.10. The highest BCUT2D eigenvalue weighted by Gasteiger charge is 2.39. The number of carbonyl (C=O) groups is 1. The summed E-state index contributed by atoms with van der Waals surface area (Å²) in [6, 6.07) is 9.54. The SMILES string of the molecule is O=C(NC1C[C@H]2CC[C@@H]1N2)c1ccc(-c2cccs2)s1. The van der Waals surface area contributed by atoms with Crippen molar-refractivity contribution in [1.82, 2.24) is 10.6 Å². The van der Waals surface area contributed by atoms with Crippen LogP contribution < -0.4 is 10.6 Å². The fourth-order valence-corrected chi connectivity index (χ4v) is 4.98. The molecule has 1 unspecified atom stereocenters. The van der Waals surface area contributed by atoms with Gasteiger partial charge in [-0.2, -0.15) is 0 Å². The lowest BCUT2D eigenvalue weighted by molar-refractivity contribution is 0.0935. The average Bonchev–Trinajstić information content (AvgIpc) is 3.21. The molecule has 0 aromatic carbocycles. The summed E-state index contributed by atoms with van der Waals surface area (Å²) in [6.07, 6.45) is 3.54. The molecule has 2 aromatic heterocycles. The van der Waals surface area contributed by atoms with E-state index in [1.54, 1.807) is 22.7 Å². The van der Waals surface area contributed by atoms with E-state index in [1.165, 1.54) is 22.6 Å². The lowest BCUT2D eigenvalue weighted by atomic mass is 9.95. The van der Waals surface area contributed by atoms with Gasteiger partial charge in [0, 0.05) is 27.9 Å². The Bertz CT molecular complexity index is 620. The van der Waals surface area contributed by atoms with Crippen LogP contribution in [0.15, 0.2) is 29.6 Å². The summed E-state index contributed by atoms with van der Waals surface area (Å²) < 4.78 is 0. The van der Waals surface area contributed by atoms with Gasteiger partial charge in [0.15, 0.2) is 0 Å². The Hall–Kier alpha value is -1.17. The molecule has 5 heteroatoms. The Kier molecular flexibility index (Phi) is 3.13. The number of hydrogen-bond acceptors (Lipinski definition) is 4. The Labute approximate surface area is 126 Å². The molecule has 2 fully saturated rings. The van der Waals surface area contributed by atoms with Crippen molar-refractivity contribution in [2.24, 2.45) is 0 Å². The summed E-state index contributed by atoms with van der Waals surface area (Å²) in [6.45, 7) is 0. The molecule has 4 heterocycles. The van der Waals surface area contributed by atoms with Crippen molar-refractivity contribution in [3.63, 3.8) is 0 Å². The third-order valence-corrected chi connectivity index (χ3v) is 6.36. The summed E-state index contributed by atoms with van der Waals surface area (Å²) in [4.78, 5) is 15.6.